The van der Waals surface area contributed by atoms with Crippen LogP contribution in [0.5, 0.6) is 0 Å². The molecular formula is C17H21N3O. The van der Waals surface area contributed by atoms with Gasteiger partial charge >= 0.3 is 0 Å². The smallest absolute Gasteiger partial charge is 0.254 e. The van der Waals surface area contributed by atoms with Crippen LogP contribution in [0, 0.1) is 11.3 Å². The molecule has 3 rings (SSSR count). The molecule has 1 aromatic carbocycles. The van der Waals surface area contributed by atoms with E-state index in [9.17, 15) is 4.79 Å². The minimum Gasteiger partial charge on any atom is -0.334 e. The van der Waals surface area contributed by atoms with Crippen molar-refractivity contribution in [3.8, 4) is 6.07 Å². The van der Waals surface area contributed by atoms with Crippen LogP contribution in [0.4, 0.5) is 0 Å². The van der Waals surface area contributed by atoms with Crippen LogP contribution in [0.2, 0.25) is 0 Å². The fraction of sp³-hybridized carbons (Fsp3) is 0.529. The zero-order valence-corrected chi connectivity index (χ0v) is 12.5. The van der Waals surface area contributed by atoms with Crippen molar-refractivity contribution in [1.82, 2.24) is 9.80 Å². The number of hydrogen-bond acceptors (Lipinski definition) is 3. The predicted octanol–water partition coefficient (Wildman–Crippen LogP) is 2.26. The average Bonchev–Trinajstić information content (AvgIpc) is 3.14. The number of benzene rings is 1. The largest absolute Gasteiger partial charge is 0.334 e. The van der Waals surface area contributed by atoms with Crippen LogP contribution in [-0.4, -0.2) is 47.9 Å². The van der Waals surface area contributed by atoms with E-state index in [4.69, 9.17) is 5.26 Å². The Bertz CT molecular complexity index is 578. The van der Waals surface area contributed by atoms with Crippen LogP contribution >= 0.6 is 0 Å². The number of carbonyl (C=O) groups excluding carboxylic acids is 1. The molecule has 0 N–H and O–H groups in total. The molecule has 4 nitrogen and oxygen atoms in total. The van der Waals surface area contributed by atoms with Gasteiger partial charge in [-0.1, -0.05) is 6.07 Å². The quantitative estimate of drug-likeness (QED) is 0.836. The van der Waals surface area contributed by atoms with E-state index in [1.165, 1.54) is 12.8 Å². The Morgan fingerprint density at radius 3 is 2.71 bits per heavy atom. The standard InChI is InChI=1S/C17H21N3O/c1-19-9-3-7-15(19)16-8-4-10-20(16)17(21)14-6-2-5-13(11-14)12-18/h2,5-6,11,15-16H,3-4,7-10H2,1H3/t15-,16+/m0/s1. The molecule has 2 aliphatic heterocycles. The first kappa shape index (κ1) is 14.1. The van der Waals surface area contributed by atoms with Crippen LogP contribution in [-0.2, 0) is 0 Å². The highest BCUT2D eigenvalue weighted by Crippen LogP contribution is 2.30. The number of rotatable bonds is 2. The molecule has 0 aliphatic carbocycles. The van der Waals surface area contributed by atoms with Crippen LogP contribution in [0.3, 0.4) is 0 Å². The maximum absolute atomic E-state index is 12.8. The van der Waals surface area contributed by atoms with Crippen LogP contribution < -0.4 is 0 Å². The summed E-state index contributed by atoms with van der Waals surface area (Å²) in [5.41, 5.74) is 1.19. The highest BCUT2D eigenvalue weighted by molar-refractivity contribution is 5.95. The summed E-state index contributed by atoms with van der Waals surface area (Å²) in [6.07, 6.45) is 4.59. The SMILES string of the molecule is CN1CCC[C@H]1[C@H]1CCCN1C(=O)c1cccc(C#N)c1. The highest BCUT2D eigenvalue weighted by atomic mass is 16.2. The summed E-state index contributed by atoms with van der Waals surface area (Å²) in [6, 6.07) is 9.98. The second kappa shape index (κ2) is 5.87. The monoisotopic (exact) mass is 283 g/mol. The van der Waals surface area contributed by atoms with Gasteiger partial charge in [0.25, 0.3) is 5.91 Å². The third-order valence-corrected chi connectivity index (χ3v) is 4.82. The Hall–Kier alpha value is -1.86. The summed E-state index contributed by atoms with van der Waals surface area (Å²) in [7, 11) is 2.16. The van der Waals surface area contributed by atoms with E-state index < -0.39 is 0 Å². The van der Waals surface area contributed by atoms with E-state index in [-0.39, 0.29) is 5.91 Å². The Labute approximate surface area is 126 Å². The third kappa shape index (κ3) is 2.66. The van der Waals surface area contributed by atoms with Crippen LogP contribution in [0.25, 0.3) is 0 Å². The topological polar surface area (TPSA) is 47.3 Å². The number of carbonyl (C=O) groups is 1. The van der Waals surface area contributed by atoms with Gasteiger partial charge < -0.3 is 9.80 Å². The first-order chi connectivity index (χ1) is 10.2. The molecule has 1 aromatic rings. The molecule has 2 saturated heterocycles. The second-order valence-corrected chi connectivity index (χ2v) is 6.09. The van der Waals surface area contributed by atoms with Crippen molar-refractivity contribution in [1.29, 1.82) is 5.26 Å². The summed E-state index contributed by atoms with van der Waals surface area (Å²) >= 11 is 0. The van der Waals surface area contributed by atoms with Gasteiger partial charge in [-0.2, -0.15) is 5.26 Å². The molecule has 110 valence electrons. The van der Waals surface area contributed by atoms with Gasteiger partial charge in [0.05, 0.1) is 11.6 Å². The van der Waals surface area contributed by atoms with E-state index in [2.05, 4.69) is 18.0 Å². The molecule has 2 atom stereocenters. The van der Waals surface area contributed by atoms with Gasteiger partial charge in [-0.15, -0.1) is 0 Å². The lowest BCUT2D eigenvalue weighted by molar-refractivity contribution is 0.0664. The highest BCUT2D eigenvalue weighted by Gasteiger charge is 2.38. The Morgan fingerprint density at radius 2 is 2.00 bits per heavy atom. The molecular weight excluding hydrogens is 262 g/mol. The molecule has 21 heavy (non-hydrogen) atoms. The summed E-state index contributed by atoms with van der Waals surface area (Å²) < 4.78 is 0. The molecule has 2 heterocycles. The normalized spacial score (nSPS) is 26.0. The fourth-order valence-corrected chi connectivity index (χ4v) is 3.75. The molecule has 0 aromatic heterocycles. The summed E-state index contributed by atoms with van der Waals surface area (Å²) in [5.74, 6) is 0.0786. The number of nitriles is 1. The molecule has 2 aliphatic rings. The molecule has 0 spiro atoms. The lowest BCUT2D eigenvalue weighted by Gasteiger charge is -2.33. The van der Waals surface area contributed by atoms with E-state index in [1.54, 1.807) is 18.2 Å². The zero-order chi connectivity index (χ0) is 14.8. The van der Waals surface area contributed by atoms with Crippen molar-refractivity contribution >= 4 is 5.91 Å². The maximum Gasteiger partial charge on any atom is 0.254 e. The predicted molar refractivity (Wildman–Crippen MR) is 80.9 cm³/mol. The van der Waals surface area contributed by atoms with Crippen molar-refractivity contribution in [2.75, 3.05) is 20.1 Å². The number of likely N-dealkylation sites (tertiary alicyclic amines) is 2. The van der Waals surface area contributed by atoms with Gasteiger partial charge in [0.2, 0.25) is 0 Å². The first-order valence-corrected chi connectivity index (χ1v) is 7.72. The fourth-order valence-electron chi connectivity index (χ4n) is 3.75. The maximum atomic E-state index is 12.8. The first-order valence-electron chi connectivity index (χ1n) is 7.72. The number of nitrogens with zero attached hydrogens (tertiary/aromatic N) is 3. The molecule has 0 saturated carbocycles. The third-order valence-electron chi connectivity index (χ3n) is 4.82. The van der Waals surface area contributed by atoms with E-state index in [0.29, 0.717) is 23.2 Å². The Balaban J connectivity index is 1.81. The molecule has 0 bridgehead atoms. The van der Waals surface area contributed by atoms with Gasteiger partial charge in [0, 0.05) is 24.2 Å². The summed E-state index contributed by atoms with van der Waals surface area (Å²) in [6.45, 7) is 1.97. The van der Waals surface area contributed by atoms with Gasteiger partial charge in [-0.25, -0.2) is 0 Å². The lowest BCUT2D eigenvalue weighted by Crippen LogP contribution is -2.47. The number of likely N-dealkylation sites (N-methyl/N-ethyl adjacent to an activating group) is 1. The Morgan fingerprint density at radius 1 is 1.24 bits per heavy atom. The Kier molecular flexibility index (Phi) is 3.94. The number of hydrogen-bond donors (Lipinski definition) is 0. The van der Waals surface area contributed by atoms with Crippen LogP contribution in [0.1, 0.15) is 41.6 Å². The van der Waals surface area contributed by atoms with E-state index in [1.807, 2.05) is 11.0 Å². The zero-order valence-electron chi connectivity index (χ0n) is 12.5. The van der Waals surface area contributed by atoms with Crippen molar-refractivity contribution in [3.63, 3.8) is 0 Å². The van der Waals surface area contributed by atoms with Crippen molar-refractivity contribution < 1.29 is 4.79 Å². The minimum absolute atomic E-state index is 0.0786. The molecule has 4 heteroatoms. The molecule has 2 fully saturated rings. The van der Waals surface area contributed by atoms with Gasteiger partial charge in [0.15, 0.2) is 0 Å². The minimum atomic E-state index is 0.0786. The summed E-state index contributed by atoms with van der Waals surface area (Å²) in [4.78, 5) is 17.2. The second-order valence-electron chi connectivity index (χ2n) is 6.09. The number of amides is 1. The van der Waals surface area contributed by atoms with Crippen molar-refractivity contribution in [3.05, 3.63) is 35.4 Å². The van der Waals surface area contributed by atoms with Gasteiger partial charge in [0.1, 0.15) is 0 Å². The van der Waals surface area contributed by atoms with E-state index in [0.717, 1.165) is 25.9 Å². The van der Waals surface area contributed by atoms with Gasteiger partial charge in [-0.3, -0.25) is 4.79 Å². The summed E-state index contributed by atoms with van der Waals surface area (Å²) in [5, 5.41) is 8.99. The van der Waals surface area contributed by atoms with Crippen molar-refractivity contribution in [2.24, 2.45) is 0 Å². The average molecular weight is 283 g/mol. The molecule has 1 amide bonds. The van der Waals surface area contributed by atoms with Crippen LogP contribution in [0.15, 0.2) is 24.3 Å². The van der Waals surface area contributed by atoms with Gasteiger partial charge in [-0.05, 0) is 57.5 Å². The van der Waals surface area contributed by atoms with Crippen molar-refractivity contribution in [2.45, 2.75) is 37.8 Å². The lowest BCUT2D eigenvalue weighted by atomic mass is 10.0. The van der Waals surface area contributed by atoms with E-state index >= 15 is 0 Å². The molecule has 0 unspecified atom stereocenters. The molecule has 0 radical (unpaired) electrons.